The van der Waals surface area contributed by atoms with Crippen LogP contribution in [0.4, 0.5) is 0 Å². The van der Waals surface area contributed by atoms with Crippen molar-refractivity contribution in [1.29, 1.82) is 0 Å². The molecule has 1 unspecified atom stereocenters. The van der Waals surface area contributed by atoms with Gasteiger partial charge in [-0.15, -0.1) is 0 Å². The summed E-state index contributed by atoms with van der Waals surface area (Å²) in [7, 11) is 0. The van der Waals surface area contributed by atoms with Crippen molar-refractivity contribution in [2.24, 2.45) is 11.3 Å². The Bertz CT molecular complexity index is 601. The van der Waals surface area contributed by atoms with Crippen molar-refractivity contribution >= 4 is 5.91 Å². The first-order chi connectivity index (χ1) is 9.43. The average Bonchev–Trinajstić information content (AvgIpc) is 2.23. The number of amides is 1. The third-order valence-electron chi connectivity index (χ3n) is 4.75. The largest absolute Gasteiger partial charge is 0.508 e. The van der Waals surface area contributed by atoms with Crippen LogP contribution in [0.1, 0.15) is 43.6 Å². The van der Waals surface area contributed by atoms with Gasteiger partial charge in [0.25, 0.3) is 11.5 Å². The number of hydrogen-bond donors (Lipinski definition) is 2. The van der Waals surface area contributed by atoms with Gasteiger partial charge in [-0.05, 0) is 18.8 Å². The highest BCUT2D eigenvalue weighted by Gasteiger charge is 2.58. The smallest absolute Gasteiger partial charge is 0.270 e. The topological polar surface area (TPSA) is 73.4 Å². The van der Waals surface area contributed by atoms with Gasteiger partial charge in [0.15, 0.2) is 0 Å². The third-order valence-corrected chi connectivity index (χ3v) is 4.75. The summed E-state index contributed by atoms with van der Waals surface area (Å²) in [6, 6.07) is 2.64. The molecule has 1 amide bonds. The normalized spacial score (nSPS) is 23.6. The predicted molar refractivity (Wildman–Crippen MR) is 74.7 cm³/mol. The van der Waals surface area contributed by atoms with Crippen LogP contribution in [0.3, 0.4) is 0 Å². The second kappa shape index (κ2) is 4.36. The zero-order valence-electron chi connectivity index (χ0n) is 11.8. The molecule has 3 rings (SSSR count). The van der Waals surface area contributed by atoms with Gasteiger partial charge >= 0.3 is 0 Å². The fraction of sp³-hybridized carbons (Fsp3) is 0.600. The highest BCUT2D eigenvalue weighted by molar-refractivity contribution is 5.93. The summed E-state index contributed by atoms with van der Waals surface area (Å²) in [4.78, 5) is 28.2. The number of H-pyrrole nitrogens is 1. The SMILES string of the molecule is CC(C)C1N(C(=O)c2cc(O)cc(=O)[nH]2)CC12CCC2. The van der Waals surface area contributed by atoms with Crippen LogP contribution in [0.15, 0.2) is 16.9 Å². The molecule has 1 saturated heterocycles. The Kier molecular flexibility index (Phi) is 2.88. The number of nitrogens with zero attached hydrogens (tertiary/aromatic N) is 1. The number of carbonyl (C=O) groups is 1. The quantitative estimate of drug-likeness (QED) is 0.864. The monoisotopic (exact) mass is 276 g/mol. The lowest BCUT2D eigenvalue weighted by molar-refractivity contribution is -0.121. The first-order valence-corrected chi connectivity index (χ1v) is 7.17. The number of rotatable bonds is 2. The molecule has 0 bridgehead atoms. The number of pyridine rings is 1. The van der Waals surface area contributed by atoms with Crippen molar-refractivity contribution in [3.05, 3.63) is 28.2 Å². The van der Waals surface area contributed by atoms with Crippen molar-refractivity contribution < 1.29 is 9.90 Å². The number of hydrogen-bond acceptors (Lipinski definition) is 3. The first-order valence-electron chi connectivity index (χ1n) is 7.17. The minimum Gasteiger partial charge on any atom is -0.508 e. The van der Waals surface area contributed by atoms with Crippen LogP contribution in [0.25, 0.3) is 0 Å². The van der Waals surface area contributed by atoms with E-state index in [1.807, 2.05) is 4.90 Å². The van der Waals surface area contributed by atoms with Crippen LogP contribution >= 0.6 is 0 Å². The maximum atomic E-state index is 12.5. The number of nitrogens with one attached hydrogen (secondary N) is 1. The van der Waals surface area contributed by atoms with Crippen molar-refractivity contribution in [3.63, 3.8) is 0 Å². The lowest BCUT2D eigenvalue weighted by Crippen LogP contribution is -2.70. The molecule has 5 nitrogen and oxygen atoms in total. The van der Waals surface area contributed by atoms with Gasteiger partial charge in [0.05, 0.1) is 0 Å². The molecule has 1 spiro atoms. The van der Waals surface area contributed by atoms with E-state index in [9.17, 15) is 14.7 Å². The van der Waals surface area contributed by atoms with E-state index in [0.717, 1.165) is 12.6 Å². The summed E-state index contributed by atoms with van der Waals surface area (Å²) in [5.41, 5.74) is 0.0316. The maximum Gasteiger partial charge on any atom is 0.270 e. The molecule has 1 aromatic rings. The van der Waals surface area contributed by atoms with E-state index in [1.54, 1.807) is 0 Å². The molecule has 0 aromatic carbocycles. The molecule has 1 atom stereocenters. The van der Waals surface area contributed by atoms with Gasteiger partial charge < -0.3 is 15.0 Å². The molecule has 1 aliphatic carbocycles. The zero-order valence-corrected chi connectivity index (χ0v) is 11.8. The molecule has 2 N–H and O–H groups in total. The first kappa shape index (κ1) is 13.2. The van der Waals surface area contributed by atoms with Gasteiger partial charge in [-0.1, -0.05) is 20.3 Å². The highest BCUT2D eigenvalue weighted by Crippen LogP contribution is 2.55. The Morgan fingerprint density at radius 3 is 2.65 bits per heavy atom. The summed E-state index contributed by atoms with van der Waals surface area (Å²) in [6.45, 7) is 5.04. The maximum absolute atomic E-state index is 12.5. The van der Waals surface area contributed by atoms with Crippen LogP contribution in [-0.2, 0) is 0 Å². The average molecular weight is 276 g/mol. The van der Waals surface area contributed by atoms with Gasteiger partial charge in [-0.3, -0.25) is 9.59 Å². The Balaban J connectivity index is 1.86. The van der Waals surface area contributed by atoms with Crippen molar-refractivity contribution in [1.82, 2.24) is 9.88 Å². The zero-order chi connectivity index (χ0) is 14.5. The van der Waals surface area contributed by atoms with Gasteiger partial charge in [0.1, 0.15) is 11.4 Å². The summed E-state index contributed by atoms with van der Waals surface area (Å²) in [5.74, 6) is 0.0448. The fourth-order valence-corrected chi connectivity index (χ4v) is 3.90. The predicted octanol–water partition coefficient (Wildman–Crippen LogP) is 1.73. The molecule has 2 aliphatic rings. The molecule has 108 valence electrons. The summed E-state index contributed by atoms with van der Waals surface area (Å²) >= 11 is 0. The molecule has 2 heterocycles. The van der Waals surface area contributed by atoms with E-state index in [2.05, 4.69) is 18.8 Å². The summed E-state index contributed by atoms with van der Waals surface area (Å²) in [6.07, 6.45) is 3.63. The molecular weight excluding hydrogens is 256 g/mol. The minimum absolute atomic E-state index is 0.169. The van der Waals surface area contributed by atoms with Gasteiger partial charge in [-0.25, -0.2) is 0 Å². The lowest BCUT2D eigenvalue weighted by atomic mass is 9.55. The standard InChI is InChI=1S/C15H20N2O3/c1-9(2)13-15(4-3-5-15)8-17(13)14(20)11-6-10(18)7-12(19)16-11/h6-7,9,13H,3-5,8H2,1-2H3,(H2,16,18,19). The molecule has 5 heteroatoms. The molecule has 1 saturated carbocycles. The Hall–Kier alpha value is -1.78. The Labute approximate surface area is 117 Å². The minimum atomic E-state index is -0.451. The van der Waals surface area contributed by atoms with Crippen LogP contribution in [0.5, 0.6) is 5.75 Å². The Morgan fingerprint density at radius 2 is 2.15 bits per heavy atom. The number of aromatic amines is 1. The molecular formula is C15H20N2O3. The van der Waals surface area contributed by atoms with E-state index >= 15 is 0 Å². The van der Waals surface area contributed by atoms with Crippen LogP contribution < -0.4 is 5.56 Å². The van der Waals surface area contributed by atoms with Crippen molar-refractivity contribution in [2.75, 3.05) is 6.54 Å². The van der Waals surface area contributed by atoms with E-state index in [-0.39, 0.29) is 23.4 Å². The van der Waals surface area contributed by atoms with Crippen molar-refractivity contribution in [2.45, 2.75) is 39.2 Å². The molecule has 0 radical (unpaired) electrons. The fourth-order valence-electron chi connectivity index (χ4n) is 3.90. The lowest BCUT2D eigenvalue weighted by Gasteiger charge is -2.64. The van der Waals surface area contributed by atoms with E-state index in [1.165, 1.54) is 25.3 Å². The van der Waals surface area contributed by atoms with Gasteiger partial charge in [0.2, 0.25) is 0 Å². The Morgan fingerprint density at radius 1 is 1.45 bits per heavy atom. The number of aromatic nitrogens is 1. The third kappa shape index (κ3) is 1.84. The highest BCUT2D eigenvalue weighted by atomic mass is 16.3. The second-order valence-corrected chi connectivity index (χ2v) is 6.45. The molecule has 2 fully saturated rings. The number of aromatic hydroxyl groups is 1. The van der Waals surface area contributed by atoms with E-state index in [4.69, 9.17) is 0 Å². The summed E-state index contributed by atoms with van der Waals surface area (Å²) in [5, 5.41) is 9.46. The molecule has 1 aromatic heterocycles. The summed E-state index contributed by atoms with van der Waals surface area (Å²) < 4.78 is 0. The number of likely N-dealkylation sites (tertiary alicyclic amines) is 1. The second-order valence-electron chi connectivity index (χ2n) is 6.45. The molecule has 20 heavy (non-hydrogen) atoms. The van der Waals surface area contributed by atoms with Crippen LogP contribution in [0, 0.1) is 11.3 Å². The number of carbonyl (C=O) groups excluding carboxylic acids is 1. The van der Waals surface area contributed by atoms with Gasteiger partial charge in [-0.2, -0.15) is 0 Å². The van der Waals surface area contributed by atoms with Gasteiger partial charge in [0, 0.05) is 30.1 Å². The molecule has 1 aliphatic heterocycles. The van der Waals surface area contributed by atoms with Crippen LogP contribution in [0.2, 0.25) is 0 Å². The van der Waals surface area contributed by atoms with Crippen molar-refractivity contribution in [3.8, 4) is 5.75 Å². The van der Waals surface area contributed by atoms with E-state index in [0.29, 0.717) is 11.3 Å². The van der Waals surface area contributed by atoms with Crippen LogP contribution in [-0.4, -0.2) is 33.5 Å². The van der Waals surface area contributed by atoms with E-state index < -0.39 is 5.56 Å².